The first kappa shape index (κ1) is 19.2. The van der Waals surface area contributed by atoms with Crippen LogP contribution < -0.4 is 9.62 Å². The molecule has 2 N–H and O–H groups in total. The first-order valence-electron chi connectivity index (χ1n) is 8.24. The van der Waals surface area contributed by atoms with E-state index in [4.69, 9.17) is 0 Å². The molecule has 1 atom stereocenters. The second kappa shape index (κ2) is 7.43. The van der Waals surface area contributed by atoms with Crippen molar-refractivity contribution in [3.63, 3.8) is 0 Å². The Morgan fingerprint density at radius 3 is 2.56 bits per heavy atom. The maximum absolute atomic E-state index is 12.4. The summed E-state index contributed by atoms with van der Waals surface area (Å²) < 4.78 is 25.1. The molecule has 0 fully saturated rings. The number of hydrogen-bond acceptors (Lipinski definition) is 4. The molecular formula is C17H24N2O5S. The molecule has 1 unspecified atom stereocenters. The van der Waals surface area contributed by atoms with E-state index >= 15 is 0 Å². The van der Waals surface area contributed by atoms with Crippen LogP contribution >= 0.6 is 0 Å². The lowest BCUT2D eigenvalue weighted by Gasteiger charge is -2.29. The van der Waals surface area contributed by atoms with Crippen LogP contribution in [-0.4, -0.2) is 44.2 Å². The Bertz CT molecular complexity index is 773. The van der Waals surface area contributed by atoms with Crippen LogP contribution in [0.5, 0.6) is 0 Å². The van der Waals surface area contributed by atoms with Crippen molar-refractivity contribution in [2.75, 3.05) is 17.1 Å². The van der Waals surface area contributed by atoms with Crippen molar-refractivity contribution in [1.82, 2.24) is 5.32 Å². The number of amides is 1. The van der Waals surface area contributed by atoms with Gasteiger partial charge in [-0.25, -0.2) is 13.2 Å². The number of nitrogens with one attached hydrogen (secondary N) is 1. The first-order valence-corrected chi connectivity index (χ1v) is 10.1. The third-order valence-corrected chi connectivity index (χ3v) is 5.31. The second-order valence-electron chi connectivity index (χ2n) is 6.78. The Morgan fingerprint density at radius 2 is 2.00 bits per heavy atom. The molecule has 1 heterocycles. The van der Waals surface area contributed by atoms with Gasteiger partial charge in [0.1, 0.15) is 6.04 Å². The predicted octanol–water partition coefficient (Wildman–Crippen LogP) is 1.63. The van der Waals surface area contributed by atoms with Gasteiger partial charge in [0.25, 0.3) is 5.91 Å². The minimum atomic E-state index is -3.36. The Hall–Kier alpha value is -2.09. The van der Waals surface area contributed by atoms with Gasteiger partial charge in [-0.05, 0) is 48.9 Å². The summed E-state index contributed by atoms with van der Waals surface area (Å²) in [7, 11) is -3.36. The van der Waals surface area contributed by atoms with Gasteiger partial charge < -0.3 is 10.4 Å². The number of carbonyl (C=O) groups excluding carboxylic acids is 1. The van der Waals surface area contributed by atoms with E-state index in [1.807, 2.05) is 13.8 Å². The fourth-order valence-electron chi connectivity index (χ4n) is 2.98. The summed E-state index contributed by atoms with van der Waals surface area (Å²) in [6, 6.07) is 3.85. The summed E-state index contributed by atoms with van der Waals surface area (Å²) in [6.07, 6.45) is 2.85. The molecule has 0 bridgehead atoms. The molecule has 0 spiro atoms. The van der Waals surface area contributed by atoms with Crippen LogP contribution in [0.4, 0.5) is 5.69 Å². The number of aliphatic carboxylic acids is 1. The quantitative estimate of drug-likeness (QED) is 0.794. The molecule has 1 aliphatic rings. The van der Waals surface area contributed by atoms with Crippen LogP contribution in [0, 0.1) is 5.92 Å². The highest BCUT2D eigenvalue weighted by atomic mass is 32.2. The lowest BCUT2D eigenvalue weighted by molar-refractivity contribution is -0.139. The zero-order chi connectivity index (χ0) is 18.8. The average Bonchev–Trinajstić information content (AvgIpc) is 2.51. The number of sulfonamides is 1. The van der Waals surface area contributed by atoms with Crippen molar-refractivity contribution in [1.29, 1.82) is 0 Å². The molecule has 138 valence electrons. The summed E-state index contributed by atoms with van der Waals surface area (Å²) >= 11 is 0. The molecule has 0 aliphatic carbocycles. The van der Waals surface area contributed by atoms with Gasteiger partial charge in [-0.1, -0.05) is 13.8 Å². The standard InChI is InChI=1S/C17H24N2O5S/c1-11(2)9-14(17(21)22)18-16(20)13-6-7-15-12(10-13)5-4-8-19(15)25(3,23)24/h6-7,10-11,14H,4-5,8-9H2,1-3H3,(H,18,20)(H,21,22). The van der Waals surface area contributed by atoms with Crippen LogP contribution in [0.25, 0.3) is 0 Å². The molecular weight excluding hydrogens is 344 g/mol. The topological polar surface area (TPSA) is 104 Å². The van der Waals surface area contributed by atoms with Crippen molar-refractivity contribution in [3.8, 4) is 0 Å². The van der Waals surface area contributed by atoms with E-state index in [1.54, 1.807) is 12.1 Å². The van der Waals surface area contributed by atoms with Crippen molar-refractivity contribution < 1.29 is 23.1 Å². The molecule has 8 heteroatoms. The molecule has 1 aromatic carbocycles. The van der Waals surface area contributed by atoms with Gasteiger partial charge in [0.05, 0.1) is 11.9 Å². The molecule has 0 saturated heterocycles. The summed E-state index contributed by atoms with van der Waals surface area (Å²) in [5.74, 6) is -1.40. The van der Waals surface area contributed by atoms with Crippen molar-refractivity contribution in [2.24, 2.45) is 5.92 Å². The van der Waals surface area contributed by atoms with Crippen molar-refractivity contribution in [3.05, 3.63) is 29.3 Å². The predicted molar refractivity (Wildman–Crippen MR) is 95.3 cm³/mol. The van der Waals surface area contributed by atoms with E-state index in [0.29, 0.717) is 37.1 Å². The van der Waals surface area contributed by atoms with Crippen molar-refractivity contribution in [2.45, 2.75) is 39.2 Å². The van der Waals surface area contributed by atoms with Gasteiger partial charge in [0.15, 0.2) is 0 Å². The lowest BCUT2D eigenvalue weighted by Crippen LogP contribution is -2.41. The van der Waals surface area contributed by atoms with Crippen LogP contribution in [-0.2, 0) is 21.2 Å². The van der Waals surface area contributed by atoms with E-state index < -0.39 is 27.9 Å². The highest BCUT2D eigenvalue weighted by molar-refractivity contribution is 7.92. The Morgan fingerprint density at radius 1 is 1.32 bits per heavy atom. The minimum Gasteiger partial charge on any atom is -0.480 e. The summed E-state index contributed by atoms with van der Waals surface area (Å²) in [5, 5.41) is 11.8. The highest BCUT2D eigenvalue weighted by Gasteiger charge is 2.26. The number of hydrogen-bond donors (Lipinski definition) is 2. The van der Waals surface area contributed by atoms with Crippen molar-refractivity contribution >= 4 is 27.6 Å². The van der Waals surface area contributed by atoms with Crippen LogP contribution in [0.15, 0.2) is 18.2 Å². The highest BCUT2D eigenvalue weighted by Crippen LogP contribution is 2.29. The number of nitrogens with zero attached hydrogens (tertiary/aromatic N) is 1. The summed E-state index contributed by atoms with van der Waals surface area (Å²) in [4.78, 5) is 23.7. The molecule has 1 amide bonds. The summed E-state index contributed by atoms with van der Waals surface area (Å²) in [5.41, 5.74) is 1.70. The normalized spacial score (nSPS) is 15.6. The molecule has 2 rings (SSSR count). The van der Waals surface area contributed by atoms with Crippen LogP contribution in [0.1, 0.15) is 42.6 Å². The van der Waals surface area contributed by atoms with Crippen LogP contribution in [0.2, 0.25) is 0 Å². The second-order valence-corrected chi connectivity index (χ2v) is 8.68. The van der Waals surface area contributed by atoms with Gasteiger partial charge in [0, 0.05) is 12.1 Å². The number of fused-ring (bicyclic) bond motifs is 1. The number of carboxylic acids is 1. The molecule has 1 aliphatic heterocycles. The Balaban J connectivity index is 2.24. The van der Waals surface area contributed by atoms with Gasteiger partial charge >= 0.3 is 5.97 Å². The smallest absolute Gasteiger partial charge is 0.326 e. The van der Waals surface area contributed by atoms with E-state index in [-0.39, 0.29) is 5.92 Å². The number of anilines is 1. The Labute approximate surface area is 148 Å². The number of rotatable bonds is 6. The fraction of sp³-hybridized carbons (Fsp3) is 0.529. The SMILES string of the molecule is CC(C)CC(NC(=O)c1ccc2c(c1)CCCN2S(C)(=O)=O)C(=O)O. The van der Waals surface area contributed by atoms with Crippen LogP contribution in [0.3, 0.4) is 0 Å². The van der Waals surface area contributed by atoms with Gasteiger partial charge in [-0.3, -0.25) is 9.10 Å². The molecule has 1 aromatic rings. The van der Waals surface area contributed by atoms with Gasteiger partial charge in [0.2, 0.25) is 10.0 Å². The fourth-order valence-corrected chi connectivity index (χ4v) is 3.98. The number of benzene rings is 1. The first-order chi connectivity index (χ1) is 11.6. The average molecular weight is 368 g/mol. The molecule has 7 nitrogen and oxygen atoms in total. The third kappa shape index (κ3) is 4.72. The molecule has 0 saturated carbocycles. The zero-order valence-corrected chi connectivity index (χ0v) is 15.5. The Kier molecular flexibility index (Phi) is 5.72. The third-order valence-electron chi connectivity index (χ3n) is 4.13. The van der Waals surface area contributed by atoms with E-state index in [9.17, 15) is 23.1 Å². The summed E-state index contributed by atoms with van der Waals surface area (Å²) in [6.45, 7) is 4.20. The maximum Gasteiger partial charge on any atom is 0.326 e. The number of carboxylic acid groups (broad SMARTS) is 1. The minimum absolute atomic E-state index is 0.133. The maximum atomic E-state index is 12.4. The number of aryl methyl sites for hydroxylation is 1. The monoisotopic (exact) mass is 368 g/mol. The molecule has 0 aromatic heterocycles. The van der Waals surface area contributed by atoms with E-state index in [1.165, 1.54) is 10.4 Å². The largest absolute Gasteiger partial charge is 0.480 e. The van der Waals surface area contributed by atoms with E-state index in [2.05, 4.69) is 5.32 Å². The zero-order valence-electron chi connectivity index (χ0n) is 14.7. The lowest BCUT2D eigenvalue weighted by atomic mass is 9.99. The molecule has 0 radical (unpaired) electrons. The van der Waals surface area contributed by atoms with E-state index in [0.717, 1.165) is 11.8 Å². The number of carbonyl (C=O) groups is 2. The van der Waals surface area contributed by atoms with Gasteiger partial charge in [-0.15, -0.1) is 0 Å². The van der Waals surface area contributed by atoms with Gasteiger partial charge in [-0.2, -0.15) is 0 Å². The molecule has 25 heavy (non-hydrogen) atoms.